The molecule has 2 N–H and O–H groups in total. The van der Waals surface area contributed by atoms with E-state index in [1.807, 2.05) is 4.90 Å². The van der Waals surface area contributed by atoms with Crippen LogP contribution in [0.1, 0.15) is 94.3 Å². The van der Waals surface area contributed by atoms with Crippen molar-refractivity contribution in [1.82, 2.24) is 10.2 Å². The summed E-state index contributed by atoms with van der Waals surface area (Å²) in [5.41, 5.74) is 0.310. The van der Waals surface area contributed by atoms with Gasteiger partial charge in [0.25, 0.3) is 5.91 Å². The minimum Gasteiger partial charge on any atom is -0.507 e. The predicted molar refractivity (Wildman–Crippen MR) is 119 cm³/mol. The molecule has 2 aliphatic rings. The fourth-order valence-corrected chi connectivity index (χ4v) is 5.18. The van der Waals surface area contributed by atoms with E-state index in [-0.39, 0.29) is 29.5 Å². The van der Waals surface area contributed by atoms with E-state index in [1.54, 1.807) is 24.3 Å². The third kappa shape index (κ3) is 5.55. The van der Waals surface area contributed by atoms with Crippen molar-refractivity contribution in [1.29, 1.82) is 0 Å². The van der Waals surface area contributed by atoms with E-state index in [2.05, 4.69) is 12.2 Å². The monoisotopic (exact) mass is 414 g/mol. The Kier molecular flexibility index (Phi) is 8.59. The number of benzene rings is 1. The molecule has 2 aliphatic carbocycles. The lowest BCUT2D eigenvalue weighted by Gasteiger charge is -2.43. The molecule has 1 aromatic carbocycles. The Hall–Kier alpha value is -2.04. The lowest BCUT2D eigenvalue weighted by atomic mass is 9.81. The van der Waals surface area contributed by atoms with Gasteiger partial charge in [0.05, 0.1) is 5.56 Å². The minimum atomic E-state index is -0.447. The number of carbonyl (C=O) groups is 2. The molecular formula is C25H38N2O3. The second-order valence-corrected chi connectivity index (χ2v) is 9.01. The highest BCUT2D eigenvalue weighted by Gasteiger charge is 2.41. The molecule has 5 heteroatoms. The second kappa shape index (κ2) is 11.4. The molecule has 0 aromatic heterocycles. The lowest BCUT2D eigenvalue weighted by molar-refractivity contribution is -0.129. The number of nitrogens with one attached hydrogen (secondary N) is 1. The summed E-state index contributed by atoms with van der Waals surface area (Å²) in [5, 5.41) is 13.5. The van der Waals surface area contributed by atoms with Crippen LogP contribution >= 0.6 is 0 Å². The van der Waals surface area contributed by atoms with Gasteiger partial charge >= 0.3 is 0 Å². The zero-order valence-electron chi connectivity index (χ0n) is 18.4. The largest absolute Gasteiger partial charge is 0.507 e. The van der Waals surface area contributed by atoms with Crippen LogP contribution in [0.2, 0.25) is 0 Å². The normalized spacial score (nSPS) is 19.2. The number of phenols is 1. The molecule has 0 saturated heterocycles. The molecule has 1 atom stereocenters. The Balaban J connectivity index is 1.95. The van der Waals surface area contributed by atoms with Crippen molar-refractivity contribution in [3.05, 3.63) is 29.8 Å². The van der Waals surface area contributed by atoms with E-state index >= 15 is 0 Å². The molecule has 3 rings (SSSR count). The molecule has 0 heterocycles. The van der Waals surface area contributed by atoms with E-state index in [4.69, 9.17) is 0 Å². The Labute approximate surface area is 181 Å². The van der Waals surface area contributed by atoms with E-state index in [0.717, 1.165) is 64.2 Å². The first-order valence-corrected chi connectivity index (χ1v) is 12.0. The van der Waals surface area contributed by atoms with Gasteiger partial charge in [0.15, 0.2) is 0 Å². The average molecular weight is 415 g/mol. The molecule has 0 bridgehead atoms. The van der Waals surface area contributed by atoms with Gasteiger partial charge in [0.2, 0.25) is 5.91 Å². The molecule has 5 nitrogen and oxygen atoms in total. The number of para-hydroxylation sites is 1. The van der Waals surface area contributed by atoms with Crippen LogP contribution in [-0.2, 0) is 4.79 Å². The molecule has 0 spiro atoms. The summed E-state index contributed by atoms with van der Waals surface area (Å²) >= 11 is 0. The minimum absolute atomic E-state index is 0.00269. The number of hydrogen-bond acceptors (Lipinski definition) is 3. The number of amides is 2. The maximum absolute atomic E-state index is 13.8. The van der Waals surface area contributed by atoms with Crippen LogP contribution in [-0.4, -0.2) is 40.4 Å². The van der Waals surface area contributed by atoms with Crippen LogP contribution in [0.4, 0.5) is 0 Å². The molecule has 1 aromatic rings. The molecule has 0 aliphatic heterocycles. The third-order valence-corrected chi connectivity index (χ3v) is 6.83. The van der Waals surface area contributed by atoms with Gasteiger partial charge in [-0.3, -0.25) is 9.59 Å². The van der Waals surface area contributed by atoms with Crippen molar-refractivity contribution >= 4 is 11.8 Å². The molecule has 1 unspecified atom stereocenters. The number of unbranched alkanes of at least 4 members (excludes halogenated alkanes) is 1. The van der Waals surface area contributed by atoms with Crippen molar-refractivity contribution in [3.8, 4) is 5.75 Å². The molecule has 2 amide bonds. The van der Waals surface area contributed by atoms with Gasteiger partial charge in [0, 0.05) is 12.6 Å². The van der Waals surface area contributed by atoms with Crippen LogP contribution in [0, 0.1) is 5.92 Å². The average Bonchev–Trinajstić information content (AvgIpc) is 2.78. The molecule has 2 saturated carbocycles. The Morgan fingerprint density at radius 2 is 1.67 bits per heavy atom. The highest BCUT2D eigenvalue weighted by Crippen LogP contribution is 2.35. The second-order valence-electron chi connectivity index (χ2n) is 9.01. The van der Waals surface area contributed by atoms with E-state index in [9.17, 15) is 14.7 Å². The van der Waals surface area contributed by atoms with Crippen molar-refractivity contribution < 1.29 is 14.7 Å². The summed E-state index contributed by atoms with van der Waals surface area (Å²) in [6, 6.07) is 6.37. The first-order chi connectivity index (χ1) is 14.6. The number of hydrogen-bond donors (Lipinski definition) is 2. The molecule has 2 fully saturated rings. The highest BCUT2D eigenvalue weighted by molar-refractivity contribution is 6.00. The number of carbonyl (C=O) groups excluding carboxylic acids is 2. The maximum atomic E-state index is 13.8. The summed E-state index contributed by atoms with van der Waals surface area (Å²) in [6.45, 7) is 2.77. The van der Waals surface area contributed by atoms with Crippen molar-refractivity contribution in [2.45, 2.75) is 96.1 Å². The number of rotatable bonds is 8. The summed E-state index contributed by atoms with van der Waals surface area (Å²) in [7, 11) is 0. The molecular weight excluding hydrogens is 376 g/mol. The van der Waals surface area contributed by atoms with Gasteiger partial charge in [-0.2, -0.15) is 0 Å². The lowest BCUT2D eigenvalue weighted by Crippen LogP contribution is -2.57. The summed E-state index contributed by atoms with van der Waals surface area (Å²) in [5.74, 6) is -0.0138. The van der Waals surface area contributed by atoms with Gasteiger partial charge in [-0.15, -0.1) is 0 Å². The predicted octanol–water partition coefficient (Wildman–Crippen LogP) is 5.03. The van der Waals surface area contributed by atoms with Crippen molar-refractivity contribution in [2.75, 3.05) is 6.54 Å². The van der Waals surface area contributed by atoms with Gasteiger partial charge in [-0.25, -0.2) is 0 Å². The van der Waals surface area contributed by atoms with Crippen LogP contribution < -0.4 is 5.32 Å². The van der Waals surface area contributed by atoms with Crippen LogP contribution in [0.25, 0.3) is 0 Å². The Morgan fingerprint density at radius 1 is 1.03 bits per heavy atom. The number of aromatic hydroxyl groups is 1. The van der Waals surface area contributed by atoms with Crippen molar-refractivity contribution in [3.63, 3.8) is 0 Å². The SMILES string of the molecule is CCCCNC(=O)C(C1CCCCC1)N(C(=O)c1ccccc1O)C1CCCCC1. The zero-order chi connectivity index (χ0) is 21.3. The fraction of sp³-hybridized carbons (Fsp3) is 0.680. The van der Waals surface area contributed by atoms with Gasteiger partial charge in [-0.05, 0) is 50.2 Å². The van der Waals surface area contributed by atoms with Gasteiger partial charge < -0.3 is 15.3 Å². The van der Waals surface area contributed by atoms with Crippen LogP contribution in [0.3, 0.4) is 0 Å². The third-order valence-electron chi connectivity index (χ3n) is 6.83. The van der Waals surface area contributed by atoms with Crippen LogP contribution in [0.15, 0.2) is 24.3 Å². The van der Waals surface area contributed by atoms with Gasteiger partial charge in [0.1, 0.15) is 11.8 Å². The quantitative estimate of drug-likeness (QED) is 0.586. The number of nitrogens with zero attached hydrogens (tertiary/aromatic N) is 1. The van der Waals surface area contributed by atoms with E-state index in [1.165, 1.54) is 12.8 Å². The topological polar surface area (TPSA) is 69.6 Å². The number of phenolic OH excluding ortho intramolecular Hbond substituents is 1. The van der Waals surface area contributed by atoms with Gasteiger partial charge in [-0.1, -0.05) is 64.0 Å². The zero-order valence-corrected chi connectivity index (χ0v) is 18.4. The van der Waals surface area contributed by atoms with Crippen LogP contribution in [0.5, 0.6) is 5.75 Å². The van der Waals surface area contributed by atoms with Crippen molar-refractivity contribution in [2.24, 2.45) is 5.92 Å². The fourth-order valence-electron chi connectivity index (χ4n) is 5.18. The van der Waals surface area contributed by atoms with E-state index in [0.29, 0.717) is 12.1 Å². The first kappa shape index (κ1) is 22.6. The highest BCUT2D eigenvalue weighted by atomic mass is 16.3. The smallest absolute Gasteiger partial charge is 0.258 e. The Morgan fingerprint density at radius 3 is 2.30 bits per heavy atom. The maximum Gasteiger partial charge on any atom is 0.258 e. The summed E-state index contributed by atoms with van der Waals surface area (Å²) in [4.78, 5) is 29.1. The summed E-state index contributed by atoms with van der Waals surface area (Å²) < 4.78 is 0. The molecule has 0 radical (unpaired) electrons. The van der Waals surface area contributed by atoms with E-state index < -0.39 is 6.04 Å². The Bertz CT molecular complexity index is 693. The first-order valence-electron chi connectivity index (χ1n) is 12.0. The standard InChI is InChI=1S/C25H38N2O3/c1-2-3-18-26-24(29)23(19-12-6-4-7-13-19)27(20-14-8-5-9-15-20)25(30)21-16-10-11-17-22(21)28/h10-11,16-17,19-20,23,28H,2-9,12-15,18H2,1H3,(H,26,29). The molecule has 30 heavy (non-hydrogen) atoms. The molecule has 166 valence electrons. The summed E-state index contributed by atoms with van der Waals surface area (Å²) in [6.07, 6.45) is 12.6.